The summed E-state index contributed by atoms with van der Waals surface area (Å²) in [6.45, 7) is 6.12. The minimum Gasteiger partial charge on any atom is -0.390 e. The van der Waals surface area contributed by atoms with Crippen LogP contribution in [0.25, 0.3) is 0 Å². The topological polar surface area (TPSA) is 38.7 Å². The molecular weight excluding hydrogens is 218 g/mol. The van der Waals surface area contributed by atoms with Crippen LogP contribution in [0.2, 0.25) is 0 Å². The average Bonchev–Trinajstić information content (AvgIpc) is 2.42. The number of hydrogen-bond acceptors (Lipinski definition) is 4. The SMILES string of the molecule is [2H]P([B][3H])SOCC1OC(C)C(C)(C)[C@@H]1O. The van der Waals surface area contributed by atoms with Gasteiger partial charge in [-0.3, -0.25) is 0 Å². The maximum absolute atomic E-state index is 10.0. The molecule has 0 aromatic carbocycles. The number of aliphatic hydroxyl groups is 1. The van der Waals surface area contributed by atoms with Gasteiger partial charge in [0.2, 0.25) is 0 Å². The van der Waals surface area contributed by atoms with Crippen LogP contribution in [0.5, 0.6) is 0 Å². The smallest absolute Gasteiger partial charge is 0.137 e. The normalized spacial score (nSPS) is 40.1. The molecule has 6 heteroatoms. The lowest BCUT2D eigenvalue weighted by Gasteiger charge is -2.25. The number of aliphatic hydroxyl groups excluding tert-OH is 1. The summed E-state index contributed by atoms with van der Waals surface area (Å²) in [5, 5.41) is 10.0. The molecular formula is C8H17BO3PS. The van der Waals surface area contributed by atoms with Gasteiger partial charge in [-0.2, -0.15) is 0 Å². The Labute approximate surface area is 95.1 Å². The van der Waals surface area contributed by atoms with Gasteiger partial charge in [0, 0.05) is 17.1 Å². The van der Waals surface area contributed by atoms with Gasteiger partial charge in [-0.05, 0) is 8.26 Å². The van der Waals surface area contributed by atoms with Gasteiger partial charge in [0.05, 0.1) is 20.1 Å². The molecule has 1 saturated heterocycles. The molecule has 0 aliphatic carbocycles. The quantitative estimate of drug-likeness (QED) is 0.444. The largest absolute Gasteiger partial charge is 0.390 e. The molecule has 14 heavy (non-hydrogen) atoms. The van der Waals surface area contributed by atoms with Gasteiger partial charge in [0.15, 0.2) is 0 Å². The lowest BCUT2D eigenvalue weighted by molar-refractivity contribution is -0.00653. The maximum Gasteiger partial charge on any atom is 0.137 e. The second kappa shape index (κ2) is 5.17. The maximum atomic E-state index is 10.0. The Kier molecular flexibility index (Phi) is 3.66. The van der Waals surface area contributed by atoms with E-state index in [2.05, 4.69) is 0 Å². The highest BCUT2D eigenvalue weighted by molar-refractivity contribution is 8.53. The van der Waals surface area contributed by atoms with Crippen molar-refractivity contribution in [3.63, 3.8) is 0 Å². The highest BCUT2D eigenvalue weighted by Gasteiger charge is 2.47. The van der Waals surface area contributed by atoms with E-state index in [9.17, 15) is 5.11 Å². The Balaban J connectivity index is 2.34. The Morgan fingerprint density at radius 2 is 2.64 bits per heavy atom. The number of ether oxygens (including phenoxy) is 1. The van der Waals surface area contributed by atoms with Crippen molar-refractivity contribution in [2.75, 3.05) is 6.61 Å². The molecule has 1 radical (unpaired) electrons. The van der Waals surface area contributed by atoms with Crippen LogP contribution >= 0.6 is 19.3 Å². The summed E-state index contributed by atoms with van der Waals surface area (Å²) in [4.78, 5) is 0. The Morgan fingerprint density at radius 1 is 1.93 bits per heavy atom. The lowest BCUT2D eigenvalue weighted by Crippen LogP contribution is -2.36. The molecule has 0 amide bonds. The lowest BCUT2D eigenvalue weighted by atomic mass is 9.82. The van der Waals surface area contributed by atoms with Crippen molar-refractivity contribution in [3.8, 4) is 0 Å². The second-order valence-corrected chi connectivity index (χ2v) is 5.72. The molecule has 1 rings (SSSR count). The first-order valence-electron chi connectivity index (χ1n) is 5.55. The van der Waals surface area contributed by atoms with Crippen molar-refractivity contribution in [2.24, 2.45) is 5.41 Å². The molecule has 0 bridgehead atoms. The van der Waals surface area contributed by atoms with E-state index in [1.165, 1.54) is 0 Å². The molecule has 0 saturated carbocycles. The monoisotopic (exact) mass is 238 g/mol. The molecule has 0 spiro atoms. The Hall–Kier alpha value is 0.725. The van der Waals surface area contributed by atoms with Crippen molar-refractivity contribution in [2.45, 2.75) is 39.1 Å². The molecule has 1 N–H and O–H groups in total. The second-order valence-electron chi connectivity index (χ2n) is 4.05. The van der Waals surface area contributed by atoms with Crippen LogP contribution in [0.15, 0.2) is 0 Å². The van der Waals surface area contributed by atoms with Crippen LogP contribution in [0.3, 0.4) is 0 Å². The third-order valence-electron chi connectivity index (χ3n) is 2.87. The predicted octanol–water partition coefficient (Wildman–Crippen LogP) is 1.23. The van der Waals surface area contributed by atoms with E-state index >= 15 is 0 Å². The molecule has 0 aromatic heterocycles. The van der Waals surface area contributed by atoms with E-state index in [4.69, 9.17) is 11.5 Å². The zero-order chi connectivity index (χ0) is 12.3. The zero-order valence-electron chi connectivity index (χ0n) is 10.6. The first-order valence-corrected chi connectivity index (χ1v) is 6.83. The highest BCUT2D eigenvalue weighted by Crippen LogP contribution is 2.38. The first kappa shape index (κ1) is 9.92. The van der Waals surface area contributed by atoms with E-state index in [-0.39, 0.29) is 24.2 Å². The van der Waals surface area contributed by atoms with Crippen molar-refractivity contribution < 1.29 is 14.0 Å². The summed E-state index contributed by atoms with van der Waals surface area (Å²) in [5.74, 6) is 0. The molecule has 1 aliphatic heterocycles. The summed E-state index contributed by atoms with van der Waals surface area (Å²) in [5.41, 5.74) is -0.272. The average molecular weight is 238 g/mol. The third kappa shape index (κ3) is 2.64. The predicted molar refractivity (Wildman–Crippen MR) is 63.1 cm³/mol. The van der Waals surface area contributed by atoms with E-state index in [1.54, 1.807) is 0 Å². The van der Waals surface area contributed by atoms with Gasteiger partial charge in [0.1, 0.15) is 13.6 Å². The molecule has 81 valence electrons. The summed E-state index contributed by atoms with van der Waals surface area (Å²) in [7, 11) is -0.245. The Morgan fingerprint density at radius 3 is 3.14 bits per heavy atom. The summed E-state index contributed by atoms with van der Waals surface area (Å²) in [6, 6.07) is 0. The summed E-state index contributed by atoms with van der Waals surface area (Å²) < 4.78 is 25.0. The van der Waals surface area contributed by atoms with E-state index in [0.717, 1.165) is 19.2 Å². The van der Waals surface area contributed by atoms with Crippen LogP contribution in [0.1, 0.15) is 20.8 Å². The fraction of sp³-hybridized carbons (Fsp3) is 1.00. The summed E-state index contributed by atoms with van der Waals surface area (Å²) in [6.07, 6.45) is -0.909. The van der Waals surface area contributed by atoms with Crippen LogP contribution in [-0.4, -0.2) is 40.2 Å². The number of rotatable bonds is 5. The zero-order valence-corrected chi connectivity index (χ0v) is 10.3. The fourth-order valence-corrected chi connectivity index (χ4v) is 2.11. The highest BCUT2D eigenvalue weighted by atomic mass is 32.7. The molecule has 3 unspecified atom stereocenters. The van der Waals surface area contributed by atoms with Crippen molar-refractivity contribution in [1.29, 1.82) is 2.61 Å². The molecule has 1 aliphatic rings. The molecule has 1 fully saturated rings. The minimum absolute atomic E-state index is 0.0126. The van der Waals surface area contributed by atoms with Gasteiger partial charge >= 0.3 is 0 Å². The van der Waals surface area contributed by atoms with Gasteiger partial charge in [-0.1, -0.05) is 21.5 Å². The van der Waals surface area contributed by atoms with Crippen LogP contribution in [0, 0.1) is 5.41 Å². The molecule has 0 aromatic rings. The van der Waals surface area contributed by atoms with Gasteiger partial charge in [-0.15, -0.1) is 0 Å². The van der Waals surface area contributed by atoms with Crippen molar-refractivity contribution in [1.82, 2.24) is 0 Å². The van der Waals surface area contributed by atoms with Crippen molar-refractivity contribution >= 4 is 26.8 Å². The first-order chi connectivity index (χ1) is 7.39. The summed E-state index contributed by atoms with van der Waals surface area (Å²) >= 11 is 0.964. The molecule has 3 nitrogen and oxygen atoms in total. The minimum atomic E-state index is -1.30. The van der Waals surface area contributed by atoms with Crippen LogP contribution < -0.4 is 0 Å². The number of hydrogen-bond donors (Lipinski definition) is 1. The van der Waals surface area contributed by atoms with Gasteiger partial charge < -0.3 is 14.0 Å². The van der Waals surface area contributed by atoms with E-state index < -0.39 is 13.7 Å². The van der Waals surface area contributed by atoms with Crippen LogP contribution in [0.4, 0.5) is 0 Å². The fourth-order valence-electron chi connectivity index (χ4n) is 1.49. The van der Waals surface area contributed by atoms with Gasteiger partial charge in [0.25, 0.3) is 0 Å². The van der Waals surface area contributed by atoms with E-state index in [0.29, 0.717) is 0 Å². The standard InChI is InChI=1S/C8H17BO3PS/c1-5-8(2,3)7(10)6(12-5)4-11-14-13-9/h5-7,9-10,13H,4H2,1-3H3/t5?,6?,7-,13?/m1/s1/i9T,13D. The third-order valence-corrected chi connectivity index (χ3v) is 3.77. The molecule has 4 atom stereocenters. The Bertz CT molecular complexity index is 237. The van der Waals surface area contributed by atoms with Crippen LogP contribution in [-0.2, 0) is 8.92 Å². The van der Waals surface area contributed by atoms with Crippen molar-refractivity contribution in [3.05, 3.63) is 0 Å². The van der Waals surface area contributed by atoms with E-state index in [1.807, 2.05) is 20.8 Å². The van der Waals surface area contributed by atoms with Gasteiger partial charge in [-0.25, -0.2) is 0 Å². The molecule has 1 heterocycles.